The minimum atomic E-state index is -0.510. The van der Waals surface area contributed by atoms with E-state index in [9.17, 15) is 9.90 Å². The molecule has 134 valence electrons. The van der Waals surface area contributed by atoms with Gasteiger partial charge in [0.05, 0.1) is 6.10 Å². The summed E-state index contributed by atoms with van der Waals surface area (Å²) >= 11 is 0. The van der Waals surface area contributed by atoms with Crippen LogP contribution in [0.5, 0.6) is 0 Å². The number of anilines is 1. The number of carbonyl (C=O) groups is 1. The highest BCUT2D eigenvalue weighted by Gasteiger charge is 2.22. The van der Waals surface area contributed by atoms with E-state index in [-0.39, 0.29) is 6.03 Å². The summed E-state index contributed by atoms with van der Waals surface area (Å²) in [5.74, 6) is 0. The van der Waals surface area contributed by atoms with E-state index < -0.39 is 6.10 Å². The third-order valence-electron chi connectivity index (χ3n) is 4.49. The first-order chi connectivity index (χ1) is 11.5. The summed E-state index contributed by atoms with van der Waals surface area (Å²) < 4.78 is 0. The molecular formula is C18H30N4O2. The Labute approximate surface area is 145 Å². The molecule has 1 aliphatic heterocycles. The molecule has 2 unspecified atom stereocenters. The number of likely N-dealkylation sites (N-methyl/N-ethyl adjacent to an activating group) is 1. The third-order valence-corrected chi connectivity index (χ3v) is 4.49. The van der Waals surface area contributed by atoms with E-state index in [1.165, 1.54) is 10.6 Å². The van der Waals surface area contributed by atoms with Gasteiger partial charge in [0.25, 0.3) is 0 Å². The summed E-state index contributed by atoms with van der Waals surface area (Å²) in [6, 6.07) is 10.7. The second-order valence-corrected chi connectivity index (χ2v) is 6.62. The maximum absolute atomic E-state index is 12.0. The Kier molecular flexibility index (Phi) is 6.87. The van der Waals surface area contributed by atoms with Crippen LogP contribution in [0.1, 0.15) is 13.8 Å². The molecular weight excluding hydrogens is 304 g/mol. The quantitative estimate of drug-likeness (QED) is 0.821. The second kappa shape index (κ2) is 8.89. The molecule has 0 bridgehead atoms. The van der Waals surface area contributed by atoms with Crippen LogP contribution in [-0.4, -0.2) is 79.4 Å². The summed E-state index contributed by atoms with van der Waals surface area (Å²) in [7, 11) is 1.70. The van der Waals surface area contributed by atoms with Crippen molar-refractivity contribution in [2.45, 2.75) is 26.0 Å². The lowest BCUT2D eigenvalue weighted by molar-refractivity contribution is 0.140. The number of aliphatic hydroxyl groups is 1. The number of amides is 2. The number of piperazine rings is 1. The van der Waals surface area contributed by atoms with E-state index in [0.29, 0.717) is 19.1 Å². The maximum atomic E-state index is 12.0. The van der Waals surface area contributed by atoms with E-state index in [2.05, 4.69) is 46.3 Å². The van der Waals surface area contributed by atoms with Gasteiger partial charge in [-0.05, 0) is 26.0 Å². The first-order valence-electron chi connectivity index (χ1n) is 8.68. The molecule has 1 aromatic rings. The number of hydrogen-bond acceptors (Lipinski definition) is 4. The molecule has 1 aliphatic rings. The van der Waals surface area contributed by atoms with E-state index in [1.54, 1.807) is 14.0 Å². The fourth-order valence-corrected chi connectivity index (χ4v) is 3.04. The van der Waals surface area contributed by atoms with Gasteiger partial charge in [0.2, 0.25) is 0 Å². The summed E-state index contributed by atoms with van der Waals surface area (Å²) in [6.45, 7) is 8.79. The second-order valence-electron chi connectivity index (χ2n) is 6.62. The van der Waals surface area contributed by atoms with Gasteiger partial charge >= 0.3 is 6.03 Å². The van der Waals surface area contributed by atoms with Crippen LogP contribution in [0.2, 0.25) is 0 Å². The minimum Gasteiger partial charge on any atom is -0.392 e. The topological polar surface area (TPSA) is 59.1 Å². The summed E-state index contributed by atoms with van der Waals surface area (Å²) in [5.41, 5.74) is 1.28. The first kappa shape index (κ1) is 18.5. The minimum absolute atomic E-state index is 0.134. The van der Waals surface area contributed by atoms with Crippen molar-refractivity contribution in [3.05, 3.63) is 30.3 Å². The van der Waals surface area contributed by atoms with Crippen LogP contribution in [-0.2, 0) is 0 Å². The van der Waals surface area contributed by atoms with Crippen LogP contribution < -0.4 is 10.2 Å². The van der Waals surface area contributed by atoms with Crippen LogP contribution in [0.15, 0.2) is 30.3 Å². The van der Waals surface area contributed by atoms with Gasteiger partial charge in [-0.2, -0.15) is 0 Å². The van der Waals surface area contributed by atoms with Crippen molar-refractivity contribution in [3.63, 3.8) is 0 Å². The zero-order valence-corrected chi connectivity index (χ0v) is 15.0. The van der Waals surface area contributed by atoms with Gasteiger partial charge in [0.15, 0.2) is 0 Å². The Morgan fingerprint density at radius 2 is 1.83 bits per heavy atom. The molecule has 6 heteroatoms. The molecule has 1 heterocycles. The molecule has 24 heavy (non-hydrogen) atoms. The van der Waals surface area contributed by atoms with E-state index in [1.807, 2.05) is 6.07 Å². The first-order valence-corrected chi connectivity index (χ1v) is 8.68. The lowest BCUT2D eigenvalue weighted by Gasteiger charge is -2.39. The number of benzene rings is 1. The van der Waals surface area contributed by atoms with E-state index in [4.69, 9.17) is 0 Å². The van der Waals surface area contributed by atoms with Gasteiger partial charge < -0.3 is 20.2 Å². The zero-order valence-electron chi connectivity index (χ0n) is 15.0. The van der Waals surface area contributed by atoms with Gasteiger partial charge in [-0.15, -0.1) is 0 Å². The van der Waals surface area contributed by atoms with Crippen molar-refractivity contribution in [3.8, 4) is 0 Å². The fourth-order valence-electron chi connectivity index (χ4n) is 3.04. The van der Waals surface area contributed by atoms with Gasteiger partial charge in [-0.25, -0.2) is 4.79 Å². The SMILES string of the molecule is CC(O)CN(C)C(=O)NCC(C)N1CCN(c2ccccc2)CC1. The number of nitrogens with zero attached hydrogens (tertiary/aromatic N) is 3. The molecule has 0 saturated carbocycles. The highest BCUT2D eigenvalue weighted by Crippen LogP contribution is 2.16. The highest BCUT2D eigenvalue weighted by atomic mass is 16.3. The van der Waals surface area contributed by atoms with E-state index in [0.717, 1.165) is 26.2 Å². The Morgan fingerprint density at radius 3 is 2.42 bits per heavy atom. The van der Waals surface area contributed by atoms with Crippen molar-refractivity contribution in [1.82, 2.24) is 15.1 Å². The fraction of sp³-hybridized carbons (Fsp3) is 0.611. The van der Waals surface area contributed by atoms with Gasteiger partial charge in [0, 0.05) is 58.0 Å². The number of urea groups is 1. The molecule has 0 spiro atoms. The lowest BCUT2D eigenvalue weighted by atomic mass is 10.2. The molecule has 2 N–H and O–H groups in total. The number of carbonyl (C=O) groups excluding carboxylic acids is 1. The van der Waals surface area contributed by atoms with Crippen LogP contribution in [0, 0.1) is 0 Å². The maximum Gasteiger partial charge on any atom is 0.317 e. The molecule has 2 atom stereocenters. The molecule has 0 aromatic heterocycles. The molecule has 0 aliphatic carbocycles. The van der Waals surface area contributed by atoms with Crippen LogP contribution in [0.25, 0.3) is 0 Å². The third kappa shape index (κ3) is 5.39. The Hall–Kier alpha value is -1.79. The molecule has 1 aromatic carbocycles. The molecule has 2 rings (SSSR count). The summed E-state index contributed by atoms with van der Waals surface area (Å²) in [6.07, 6.45) is -0.510. The largest absolute Gasteiger partial charge is 0.392 e. The molecule has 6 nitrogen and oxygen atoms in total. The van der Waals surface area contributed by atoms with E-state index >= 15 is 0 Å². The highest BCUT2D eigenvalue weighted by molar-refractivity contribution is 5.73. The van der Waals surface area contributed by atoms with Gasteiger partial charge in [0.1, 0.15) is 0 Å². The Balaban J connectivity index is 1.73. The predicted molar refractivity (Wildman–Crippen MR) is 97.4 cm³/mol. The van der Waals surface area contributed by atoms with Gasteiger partial charge in [-0.1, -0.05) is 18.2 Å². The van der Waals surface area contributed by atoms with Gasteiger partial charge in [-0.3, -0.25) is 4.90 Å². The molecule has 2 amide bonds. The molecule has 0 radical (unpaired) electrons. The number of para-hydroxylation sites is 1. The lowest BCUT2D eigenvalue weighted by Crippen LogP contribution is -2.53. The van der Waals surface area contributed by atoms with Crippen molar-refractivity contribution >= 4 is 11.7 Å². The van der Waals surface area contributed by atoms with Crippen molar-refractivity contribution in [2.75, 3.05) is 51.2 Å². The Morgan fingerprint density at radius 1 is 1.21 bits per heavy atom. The standard InChI is InChI=1S/C18H30N4O2/c1-15(13-19-18(24)20(3)14-16(2)23)21-9-11-22(12-10-21)17-7-5-4-6-8-17/h4-8,15-16,23H,9-14H2,1-3H3,(H,19,24). The zero-order chi connectivity index (χ0) is 17.5. The smallest absolute Gasteiger partial charge is 0.317 e. The number of nitrogens with one attached hydrogen (secondary N) is 1. The van der Waals surface area contributed by atoms with Crippen molar-refractivity contribution in [2.24, 2.45) is 0 Å². The van der Waals surface area contributed by atoms with Crippen molar-refractivity contribution < 1.29 is 9.90 Å². The monoisotopic (exact) mass is 334 g/mol. The molecule has 1 saturated heterocycles. The van der Waals surface area contributed by atoms with Crippen LogP contribution >= 0.6 is 0 Å². The number of aliphatic hydroxyl groups excluding tert-OH is 1. The number of rotatable bonds is 6. The average molecular weight is 334 g/mol. The van der Waals surface area contributed by atoms with Crippen LogP contribution in [0.4, 0.5) is 10.5 Å². The average Bonchev–Trinajstić information content (AvgIpc) is 2.59. The Bertz CT molecular complexity index is 501. The summed E-state index contributed by atoms with van der Waals surface area (Å²) in [4.78, 5) is 18.3. The normalized spacial score (nSPS) is 18.1. The summed E-state index contributed by atoms with van der Waals surface area (Å²) in [5, 5.41) is 12.3. The van der Waals surface area contributed by atoms with Crippen LogP contribution in [0.3, 0.4) is 0 Å². The number of hydrogen-bond donors (Lipinski definition) is 2. The predicted octanol–water partition coefficient (Wildman–Crippen LogP) is 1.22. The van der Waals surface area contributed by atoms with Crippen molar-refractivity contribution in [1.29, 1.82) is 0 Å². The molecule has 1 fully saturated rings.